The van der Waals surface area contributed by atoms with Crippen LogP contribution in [0.1, 0.15) is 25.3 Å². The van der Waals surface area contributed by atoms with E-state index in [1.165, 1.54) is 12.1 Å². The van der Waals surface area contributed by atoms with Crippen LogP contribution in [0.4, 0.5) is 10.1 Å². The summed E-state index contributed by atoms with van der Waals surface area (Å²) >= 11 is 0. The normalized spacial score (nSPS) is 16.6. The summed E-state index contributed by atoms with van der Waals surface area (Å²) in [6.45, 7) is 7.75. The average Bonchev–Trinajstić information content (AvgIpc) is 2.46. The maximum atomic E-state index is 13.2. The molecule has 2 N–H and O–H groups in total. The minimum Gasteiger partial charge on any atom is -0.323 e. The lowest BCUT2D eigenvalue weighted by Crippen LogP contribution is -2.28. The van der Waals surface area contributed by atoms with Crippen LogP contribution < -0.4 is 5.73 Å². The van der Waals surface area contributed by atoms with Crippen molar-refractivity contribution in [2.45, 2.75) is 32.7 Å². The number of halogens is 1. The van der Waals surface area contributed by atoms with Crippen molar-refractivity contribution in [3.8, 4) is 0 Å². The zero-order chi connectivity index (χ0) is 15.4. The molecule has 1 aromatic rings. The molecule has 1 aliphatic rings. The number of nitrogens with two attached hydrogens (primary N) is 1. The van der Waals surface area contributed by atoms with Crippen molar-refractivity contribution in [1.82, 2.24) is 0 Å². The van der Waals surface area contributed by atoms with E-state index >= 15 is 0 Å². The van der Waals surface area contributed by atoms with E-state index in [0.717, 1.165) is 29.7 Å². The fourth-order valence-electron chi connectivity index (χ4n) is 2.16. The third kappa shape index (κ3) is 3.73. The first-order chi connectivity index (χ1) is 9.99. The van der Waals surface area contributed by atoms with Crippen LogP contribution in [0.15, 0.2) is 52.1 Å². The first kappa shape index (κ1) is 15.3. The van der Waals surface area contributed by atoms with Crippen molar-refractivity contribution in [3.05, 3.63) is 53.5 Å². The van der Waals surface area contributed by atoms with Crippen LogP contribution in [-0.2, 0) is 0 Å². The second-order valence-electron chi connectivity index (χ2n) is 5.17. The number of rotatable bonds is 4. The summed E-state index contributed by atoms with van der Waals surface area (Å²) in [7, 11) is 0. The van der Waals surface area contributed by atoms with E-state index in [-0.39, 0.29) is 11.9 Å². The standard InChI is InChI=1S/C17H20FN3/c1-11-10-14(18)7-8-15(11)21-17(13(3)19)12(2)16-6-4-5-9-20-16/h6-10,13H,2,4-5,19H2,1,3H3/t13-/m0/s1. The van der Waals surface area contributed by atoms with Gasteiger partial charge in [0.05, 0.1) is 17.1 Å². The van der Waals surface area contributed by atoms with Crippen molar-refractivity contribution >= 4 is 17.6 Å². The Hall–Kier alpha value is -2.07. The van der Waals surface area contributed by atoms with Crippen LogP contribution in [0, 0.1) is 12.7 Å². The molecule has 2 rings (SSSR count). The molecule has 4 heteroatoms. The van der Waals surface area contributed by atoms with Crippen LogP contribution >= 0.6 is 0 Å². The topological polar surface area (TPSA) is 50.7 Å². The Morgan fingerprint density at radius 2 is 2.19 bits per heavy atom. The highest BCUT2D eigenvalue weighted by atomic mass is 19.1. The van der Waals surface area contributed by atoms with Gasteiger partial charge in [-0.3, -0.25) is 9.98 Å². The van der Waals surface area contributed by atoms with Gasteiger partial charge in [0, 0.05) is 17.8 Å². The molecule has 1 heterocycles. The number of hydrogen-bond acceptors (Lipinski definition) is 3. The van der Waals surface area contributed by atoms with E-state index in [2.05, 4.69) is 16.6 Å². The summed E-state index contributed by atoms with van der Waals surface area (Å²) in [6.07, 6.45) is 5.80. The van der Waals surface area contributed by atoms with E-state index in [9.17, 15) is 4.39 Å². The number of aliphatic imine (C=N–C) groups is 2. The molecule has 0 saturated heterocycles. The molecule has 3 nitrogen and oxygen atoms in total. The lowest BCUT2D eigenvalue weighted by atomic mass is 10.0. The van der Waals surface area contributed by atoms with E-state index in [1.807, 2.05) is 26.1 Å². The minimum atomic E-state index is -0.278. The molecule has 1 aromatic carbocycles. The van der Waals surface area contributed by atoms with Crippen molar-refractivity contribution in [2.24, 2.45) is 15.7 Å². The fourth-order valence-corrected chi connectivity index (χ4v) is 2.16. The number of nitrogens with zero attached hydrogens (tertiary/aromatic N) is 2. The molecular weight excluding hydrogens is 265 g/mol. The summed E-state index contributed by atoms with van der Waals surface area (Å²) in [5, 5.41) is 0. The van der Waals surface area contributed by atoms with Gasteiger partial charge in [-0.05, 0) is 50.5 Å². The molecule has 0 spiro atoms. The lowest BCUT2D eigenvalue weighted by Gasteiger charge is -2.16. The first-order valence-electron chi connectivity index (χ1n) is 7.01. The van der Waals surface area contributed by atoms with Gasteiger partial charge >= 0.3 is 0 Å². The van der Waals surface area contributed by atoms with Gasteiger partial charge in [-0.25, -0.2) is 4.39 Å². The first-order valence-corrected chi connectivity index (χ1v) is 7.01. The molecule has 1 atom stereocenters. The van der Waals surface area contributed by atoms with Crippen molar-refractivity contribution in [2.75, 3.05) is 0 Å². The molecule has 0 radical (unpaired) electrons. The monoisotopic (exact) mass is 285 g/mol. The van der Waals surface area contributed by atoms with Crippen molar-refractivity contribution in [3.63, 3.8) is 0 Å². The number of allylic oxidation sites excluding steroid dienone is 2. The van der Waals surface area contributed by atoms with Gasteiger partial charge in [-0.1, -0.05) is 12.7 Å². The van der Waals surface area contributed by atoms with Crippen LogP contribution in [-0.4, -0.2) is 18.0 Å². The van der Waals surface area contributed by atoms with Gasteiger partial charge in [0.2, 0.25) is 0 Å². The molecule has 21 heavy (non-hydrogen) atoms. The fraction of sp³-hybridized carbons (Fsp3) is 0.294. The van der Waals surface area contributed by atoms with Gasteiger partial charge in [0.25, 0.3) is 0 Å². The Kier molecular flexibility index (Phi) is 4.81. The molecule has 0 aliphatic carbocycles. The molecule has 0 amide bonds. The molecule has 0 aromatic heterocycles. The number of hydrogen-bond donors (Lipinski definition) is 1. The predicted octanol–water partition coefficient (Wildman–Crippen LogP) is 3.86. The lowest BCUT2D eigenvalue weighted by molar-refractivity contribution is 0.627. The zero-order valence-electron chi connectivity index (χ0n) is 12.4. The highest BCUT2D eigenvalue weighted by Crippen LogP contribution is 2.24. The van der Waals surface area contributed by atoms with Crippen molar-refractivity contribution < 1.29 is 4.39 Å². The second kappa shape index (κ2) is 6.59. The minimum absolute atomic E-state index is 0.271. The summed E-state index contributed by atoms with van der Waals surface area (Å²) in [5.74, 6) is -0.271. The summed E-state index contributed by atoms with van der Waals surface area (Å²) in [6, 6.07) is 4.22. The van der Waals surface area contributed by atoms with Gasteiger partial charge in [-0.2, -0.15) is 0 Å². The zero-order valence-corrected chi connectivity index (χ0v) is 12.4. The highest BCUT2D eigenvalue weighted by Gasteiger charge is 2.15. The van der Waals surface area contributed by atoms with Crippen LogP contribution in [0.25, 0.3) is 0 Å². The van der Waals surface area contributed by atoms with Gasteiger partial charge in [0.15, 0.2) is 0 Å². The number of aryl methyl sites for hydroxylation is 1. The smallest absolute Gasteiger partial charge is 0.123 e. The largest absolute Gasteiger partial charge is 0.323 e. The van der Waals surface area contributed by atoms with Crippen LogP contribution in [0.3, 0.4) is 0 Å². The summed E-state index contributed by atoms with van der Waals surface area (Å²) in [5.41, 5.74) is 9.71. The summed E-state index contributed by atoms with van der Waals surface area (Å²) in [4.78, 5) is 8.94. The second-order valence-corrected chi connectivity index (χ2v) is 5.17. The highest BCUT2D eigenvalue weighted by molar-refractivity contribution is 6.08. The Bertz CT molecular complexity index is 639. The van der Waals surface area contributed by atoms with Crippen LogP contribution in [0.5, 0.6) is 0 Å². The van der Waals surface area contributed by atoms with E-state index in [1.54, 1.807) is 6.07 Å². The van der Waals surface area contributed by atoms with E-state index < -0.39 is 0 Å². The molecule has 110 valence electrons. The maximum absolute atomic E-state index is 13.2. The van der Waals surface area contributed by atoms with E-state index in [4.69, 9.17) is 5.73 Å². The molecule has 0 saturated carbocycles. The average molecular weight is 285 g/mol. The van der Waals surface area contributed by atoms with Crippen LogP contribution in [0.2, 0.25) is 0 Å². The van der Waals surface area contributed by atoms with Crippen molar-refractivity contribution in [1.29, 1.82) is 0 Å². The van der Waals surface area contributed by atoms with E-state index in [0.29, 0.717) is 11.4 Å². The molecule has 0 fully saturated rings. The maximum Gasteiger partial charge on any atom is 0.123 e. The predicted molar refractivity (Wildman–Crippen MR) is 86.8 cm³/mol. The quantitative estimate of drug-likeness (QED) is 0.839. The van der Waals surface area contributed by atoms with Gasteiger partial charge < -0.3 is 5.73 Å². The Morgan fingerprint density at radius 1 is 1.43 bits per heavy atom. The third-order valence-electron chi connectivity index (χ3n) is 3.31. The van der Waals surface area contributed by atoms with Gasteiger partial charge in [-0.15, -0.1) is 0 Å². The number of benzene rings is 1. The molecule has 1 aliphatic heterocycles. The molecular formula is C17H20FN3. The van der Waals surface area contributed by atoms with Gasteiger partial charge in [0.1, 0.15) is 5.82 Å². The summed E-state index contributed by atoms with van der Waals surface area (Å²) < 4.78 is 13.2. The Morgan fingerprint density at radius 3 is 2.76 bits per heavy atom. The SMILES string of the molecule is C=C(C1=CCCC=N1)C(=Nc1ccc(F)cc1C)[C@H](C)N. The Labute approximate surface area is 124 Å². The molecule has 0 unspecified atom stereocenters. The molecule has 0 bridgehead atoms. The third-order valence-corrected chi connectivity index (χ3v) is 3.31. The Balaban J connectivity index is 2.38.